The number of methoxy groups -OCH3 is 1. The molecule has 0 saturated heterocycles. The molecular weight excluding hydrogens is 358 g/mol. The van der Waals surface area contributed by atoms with Crippen molar-refractivity contribution in [3.63, 3.8) is 0 Å². The predicted molar refractivity (Wildman–Crippen MR) is 108 cm³/mol. The van der Waals surface area contributed by atoms with Crippen LogP contribution in [0.4, 0.5) is 0 Å². The first-order valence-corrected chi connectivity index (χ1v) is 10.4. The lowest BCUT2D eigenvalue weighted by Gasteiger charge is -2.31. The minimum atomic E-state index is -0.0383. The highest BCUT2D eigenvalue weighted by molar-refractivity contribution is 7.99. The van der Waals surface area contributed by atoms with Crippen molar-refractivity contribution in [1.82, 2.24) is 15.3 Å². The molecule has 0 bridgehead atoms. The summed E-state index contributed by atoms with van der Waals surface area (Å²) >= 11 is 1.38. The van der Waals surface area contributed by atoms with Gasteiger partial charge in [-0.25, -0.2) is 9.97 Å². The van der Waals surface area contributed by atoms with Crippen LogP contribution >= 0.6 is 11.8 Å². The molecule has 27 heavy (non-hydrogen) atoms. The summed E-state index contributed by atoms with van der Waals surface area (Å²) in [5.41, 5.74) is 3.01. The second-order valence-electron chi connectivity index (χ2n) is 7.19. The molecule has 1 saturated carbocycles. The van der Waals surface area contributed by atoms with E-state index in [0.29, 0.717) is 17.5 Å². The van der Waals surface area contributed by atoms with Crippen molar-refractivity contribution in [1.29, 1.82) is 0 Å². The number of benzene rings is 1. The summed E-state index contributed by atoms with van der Waals surface area (Å²) in [6.45, 7) is 4.52. The summed E-state index contributed by atoms with van der Waals surface area (Å²) in [6.07, 6.45) is 4.50. The van der Waals surface area contributed by atoms with E-state index < -0.39 is 0 Å². The van der Waals surface area contributed by atoms with E-state index in [9.17, 15) is 4.79 Å². The van der Waals surface area contributed by atoms with Crippen LogP contribution in [-0.2, 0) is 10.2 Å². The van der Waals surface area contributed by atoms with Gasteiger partial charge in [-0.1, -0.05) is 42.8 Å². The smallest absolute Gasteiger partial charge is 0.230 e. The SMILES string of the molecule is COc1ccccc1C1(CNC(=O)CSc2nc(C)cc(C)n2)CCCC1. The van der Waals surface area contributed by atoms with Crippen molar-refractivity contribution < 1.29 is 9.53 Å². The minimum Gasteiger partial charge on any atom is -0.496 e. The average Bonchev–Trinajstić information content (AvgIpc) is 3.14. The van der Waals surface area contributed by atoms with Crippen LogP contribution in [-0.4, -0.2) is 35.3 Å². The lowest BCUT2D eigenvalue weighted by atomic mass is 9.78. The van der Waals surface area contributed by atoms with Crippen LogP contribution in [0.2, 0.25) is 0 Å². The maximum atomic E-state index is 12.5. The minimum absolute atomic E-state index is 0.0175. The first-order valence-electron chi connectivity index (χ1n) is 9.38. The number of aryl methyl sites for hydroxylation is 2. The number of carbonyl (C=O) groups excluding carboxylic acids is 1. The summed E-state index contributed by atoms with van der Waals surface area (Å²) in [5, 5.41) is 3.80. The number of carbonyl (C=O) groups is 1. The largest absolute Gasteiger partial charge is 0.496 e. The van der Waals surface area contributed by atoms with Crippen molar-refractivity contribution in [2.24, 2.45) is 0 Å². The number of aromatic nitrogens is 2. The normalized spacial score (nSPS) is 15.5. The second-order valence-corrected chi connectivity index (χ2v) is 8.13. The van der Waals surface area contributed by atoms with Crippen molar-refractivity contribution in [3.8, 4) is 5.75 Å². The van der Waals surface area contributed by atoms with Gasteiger partial charge in [0.25, 0.3) is 0 Å². The van der Waals surface area contributed by atoms with Crippen LogP contribution in [0.25, 0.3) is 0 Å². The zero-order valence-electron chi connectivity index (χ0n) is 16.2. The van der Waals surface area contributed by atoms with Crippen LogP contribution in [0.3, 0.4) is 0 Å². The van der Waals surface area contributed by atoms with Gasteiger partial charge in [0.1, 0.15) is 5.75 Å². The Balaban J connectivity index is 1.63. The quantitative estimate of drug-likeness (QED) is 0.580. The Morgan fingerprint density at radius 3 is 2.52 bits per heavy atom. The van der Waals surface area contributed by atoms with E-state index in [-0.39, 0.29) is 11.3 Å². The summed E-state index contributed by atoms with van der Waals surface area (Å²) < 4.78 is 5.58. The lowest BCUT2D eigenvalue weighted by Crippen LogP contribution is -2.40. The van der Waals surface area contributed by atoms with Crippen molar-refractivity contribution in [2.45, 2.75) is 50.1 Å². The molecule has 2 aromatic rings. The third-order valence-corrected chi connectivity index (χ3v) is 6.00. The fourth-order valence-corrected chi connectivity index (χ4v) is 4.66. The van der Waals surface area contributed by atoms with Gasteiger partial charge in [-0.3, -0.25) is 4.79 Å². The van der Waals surface area contributed by atoms with E-state index in [0.717, 1.165) is 30.0 Å². The first kappa shape index (κ1) is 19.7. The number of nitrogens with zero attached hydrogens (tertiary/aromatic N) is 2. The molecule has 0 aliphatic heterocycles. The fraction of sp³-hybridized carbons (Fsp3) is 0.476. The van der Waals surface area contributed by atoms with Crippen LogP contribution in [0, 0.1) is 13.8 Å². The van der Waals surface area contributed by atoms with E-state index in [1.807, 2.05) is 38.1 Å². The molecule has 1 aromatic carbocycles. The molecule has 6 heteroatoms. The number of hydrogen-bond acceptors (Lipinski definition) is 5. The number of nitrogens with one attached hydrogen (secondary N) is 1. The molecule has 144 valence electrons. The summed E-state index contributed by atoms with van der Waals surface area (Å²) in [4.78, 5) is 21.2. The van der Waals surface area contributed by atoms with Crippen molar-refractivity contribution in [2.75, 3.05) is 19.4 Å². The molecule has 3 rings (SSSR count). The van der Waals surface area contributed by atoms with Gasteiger partial charge in [0, 0.05) is 28.9 Å². The number of thioether (sulfide) groups is 1. The fourth-order valence-electron chi connectivity index (χ4n) is 3.88. The van der Waals surface area contributed by atoms with E-state index in [1.165, 1.54) is 30.2 Å². The Bertz CT molecular complexity index is 784. The molecule has 1 aromatic heterocycles. The van der Waals surface area contributed by atoms with Gasteiger partial charge in [0.05, 0.1) is 12.9 Å². The van der Waals surface area contributed by atoms with Gasteiger partial charge in [0.15, 0.2) is 5.16 Å². The Hall–Kier alpha value is -2.08. The highest BCUT2D eigenvalue weighted by Crippen LogP contribution is 2.44. The van der Waals surface area contributed by atoms with Crippen LogP contribution < -0.4 is 10.1 Å². The number of rotatable bonds is 7. The third kappa shape index (κ3) is 4.80. The molecule has 5 nitrogen and oxygen atoms in total. The summed E-state index contributed by atoms with van der Waals surface area (Å²) in [6, 6.07) is 10.1. The molecule has 1 fully saturated rings. The lowest BCUT2D eigenvalue weighted by molar-refractivity contribution is -0.118. The number of amides is 1. The van der Waals surface area contributed by atoms with E-state index >= 15 is 0 Å². The zero-order chi connectivity index (χ0) is 19.3. The highest BCUT2D eigenvalue weighted by atomic mass is 32.2. The number of ether oxygens (including phenoxy) is 1. The highest BCUT2D eigenvalue weighted by Gasteiger charge is 2.37. The van der Waals surface area contributed by atoms with Gasteiger partial charge in [-0.15, -0.1) is 0 Å². The molecular formula is C21H27N3O2S. The maximum absolute atomic E-state index is 12.5. The van der Waals surface area contributed by atoms with Gasteiger partial charge < -0.3 is 10.1 Å². The van der Waals surface area contributed by atoms with Crippen LogP contribution in [0.1, 0.15) is 42.6 Å². The Morgan fingerprint density at radius 2 is 1.85 bits per heavy atom. The number of hydrogen-bond donors (Lipinski definition) is 1. The molecule has 0 radical (unpaired) electrons. The van der Waals surface area contributed by atoms with Crippen molar-refractivity contribution in [3.05, 3.63) is 47.3 Å². The molecule has 1 N–H and O–H groups in total. The van der Waals surface area contributed by atoms with Crippen molar-refractivity contribution >= 4 is 17.7 Å². The van der Waals surface area contributed by atoms with Gasteiger partial charge >= 0.3 is 0 Å². The molecule has 0 spiro atoms. The molecule has 1 aliphatic carbocycles. The first-order chi connectivity index (χ1) is 13.0. The van der Waals surface area contributed by atoms with E-state index in [2.05, 4.69) is 21.4 Å². The standard InChI is InChI=1S/C21H27N3O2S/c1-15-12-16(2)24-20(23-15)27-13-19(25)22-14-21(10-6-7-11-21)17-8-4-5-9-18(17)26-3/h4-5,8-9,12H,6-7,10-11,13-14H2,1-3H3,(H,22,25). The predicted octanol–water partition coefficient (Wildman–Crippen LogP) is 3.82. The molecule has 1 aliphatic rings. The van der Waals surface area contributed by atoms with Crippen LogP contribution in [0.15, 0.2) is 35.5 Å². The molecule has 1 amide bonds. The van der Waals surface area contributed by atoms with Gasteiger partial charge in [-0.05, 0) is 38.8 Å². The van der Waals surface area contributed by atoms with Gasteiger partial charge in [-0.2, -0.15) is 0 Å². The monoisotopic (exact) mass is 385 g/mol. The third-order valence-electron chi connectivity index (χ3n) is 5.16. The maximum Gasteiger partial charge on any atom is 0.230 e. The Kier molecular flexibility index (Phi) is 6.37. The molecule has 0 unspecified atom stereocenters. The van der Waals surface area contributed by atoms with Gasteiger partial charge in [0.2, 0.25) is 5.91 Å². The summed E-state index contributed by atoms with van der Waals surface area (Å²) in [7, 11) is 1.71. The topological polar surface area (TPSA) is 64.1 Å². The Labute approximate surface area is 165 Å². The molecule has 0 atom stereocenters. The molecule has 1 heterocycles. The zero-order valence-corrected chi connectivity index (χ0v) is 17.1. The van der Waals surface area contributed by atoms with Crippen LogP contribution in [0.5, 0.6) is 5.75 Å². The summed E-state index contributed by atoms with van der Waals surface area (Å²) in [5.74, 6) is 1.25. The van der Waals surface area contributed by atoms with E-state index in [4.69, 9.17) is 4.74 Å². The van der Waals surface area contributed by atoms with E-state index in [1.54, 1.807) is 7.11 Å². The Morgan fingerprint density at radius 1 is 1.19 bits per heavy atom. The number of para-hydroxylation sites is 1. The second kappa shape index (κ2) is 8.74. The average molecular weight is 386 g/mol.